The molecule has 4 aromatic rings. The van der Waals surface area contributed by atoms with Gasteiger partial charge in [-0.25, -0.2) is 9.97 Å². The molecule has 4 heterocycles. The summed E-state index contributed by atoms with van der Waals surface area (Å²) in [6, 6.07) is 12.0. The molecule has 4 rings (SSSR count). The van der Waals surface area contributed by atoms with Crippen LogP contribution in [-0.2, 0) is 0 Å². The van der Waals surface area contributed by atoms with Crippen molar-refractivity contribution in [1.82, 2.24) is 19.4 Å². The molecule has 0 fully saturated rings. The van der Waals surface area contributed by atoms with Crippen LogP contribution < -0.4 is 5.32 Å². The highest BCUT2D eigenvalue weighted by molar-refractivity contribution is 5.65. The minimum atomic E-state index is 0.773. The number of hydrogen-bond acceptors (Lipinski definition) is 4. The van der Waals surface area contributed by atoms with E-state index in [2.05, 4.69) is 32.5 Å². The topological polar surface area (TPSA) is 55.1 Å². The Morgan fingerprint density at radius 3 is 2.57 bits per heavy atom. The third-order valence-corrected chi connectivity index (χ3v) is 3.64. The number of rotatable bonds is 3. The molecule has 5 heteroatoms. The normalized spacial score (nSPS) is 10.8. The predicted octanol–water partition coefficient (Wildman–Crippen LogP) is 3.84. The molecular weight excluding hydrogens is 286 g/mol. The fourth-order valence-electron chi connectivity index (χ4n) is 2.50. The van der Waals surface area contributed by atoms with Crippen molar-refractivity contribution in [1.29, 1.82) is 0 Å². The summed E-state index contributed by atoms with van der Waals surface area (Å²) in [6.45, 7) is 2.04. The number of nitrogens with one attached hydrogen (secondary N) is 1. The third kappa shape index (κ3) is 2.76. The van der Waals surface area contributed by atoms with Crippen LogP contribution in [-0.4, -0.2) is 19.4 Å². The molecule has 0 saturated heterocycles. The maximum absolute atomic E-state index is 4.57. The van der Waals surface area contributed by atoms with Crippen molar-refractivity contribution in [2.24, 2.45) is 0 Å². The summed E-state index contributed by atoms with van der Waals surface area (Å²) >= 11 is 0. The lowest BCUT2D eigenvalue weighted by atomic mass is 10.1. The van der Waals surface area contributed by atoms with Crippen molar-refractivity contribution >= 4 is 17.3 Å². The maximum Gasteiger partial charge on any atom is 0.150 e. The standard InChI is InChI=1S/C18H15N5/c1-13-4-9-20-16(10-13)21-17-12-23-11-15(2-3-18(23)22-17)14-5-7-19-8-6-14/h2-12H,1H3,(H,20,21). The van der Waals surface area contributed by atoms with Crippen LogP contribution in [0.15, 0.2) is 67.4 Å². The van der Waals surface area contributed by atoms with Gasteiger partial charge in [-0.2, -0.15) is 0 Å². The molecule has 0 unspecified atom stereocenters. The van der Waals surface area contributed by atoms with Gasteiger partial charge in [0.1, 0.15) is 11.5 Å². The molecule has 0 spiro atoms. The number of hydrogen-bond donors (Lipinski definition) is 1. The highest BCUT2D eigenvalue weighted by Crippen LogP contribution is 2.21. The number of pyridine rings is 3. The van der Waals surface area contributed by atoms with Crippen LogP contribution in [0.1, 0.15) is 5.56 Å². The zero-order valence-corrected chi connectivity index (χ0v) is 12.6. The first-order valence-corrected chi connectivity index (χ1v) is 7.37. The Balaban J connectivity index is 1.68. The van der Waals surface area contributed by atoms with E-state index >= 15 is 0 Å². The molecular formula is C18H15N5. The molecule has 23 heavy (non-hydrogen) atoms. The Hall–Kier alpha value is -3.21. The molecule has 0 atom stereocenters. The highest BCUT2D eigenvalue weighted by atomic mass is 15.1. The third-order valence-electron chi connectivity index (χ3n) is 3.64. The number of nitrogens with zero attached hydrogens (tertiary/aromatic N) is 4. The van der Waals surface area contributed by atoms with E-state index in [0.29, 0.717) is 0 Å². The molecule has 5 nitrogen and oxygen atoms in total. The van der Waals surface area contributed by atoms with Crippen molar-refractivity contribution in [3.05, 3.63) is 72.9 Å². The Bertz CT molecular complexity index is 959. The summed E-state index contributed by atoms with van der Waals surface area (Å²) in [5.41, 5.74) is 4.30. The largest absolute Gasteiger partial charge is 0.324 e. The summed E-state index contributed by atoms with van der Waals surface area (Å²) in [6.07, 6.45) is 9.40. The minimum absolute atomic E-state index is 0.773. The Kier molecular flexibility index (Phi) is 3.24. The second kappa shape index (κ2) is 5.53. The average molecular weight is 301 g/mol. The molecule has 0 amide bonds. The van der Waals surface area contributed by atoms with Gasteiger partial charge in [-0.15, -0.1) is 0 Å². The molecule has 0 aromatic carbocycles. The van der Waals surface area contributed by atoms with Crippen molar-refractivity contribution in [3.8, 4) is 11.1 Å². The monoisotopic (exact) mass is 301 g/mol. The van der Waals surface area contributed by atoms with Crippen LogP contribution in [0.5, 0.6) is 0 Å². The summed E-state index contributed by atoms with van der Waals surface area (Å²) in [7, 11) is 0. The van der Waals surface area contributed by atoms with E-state index in [4.69, 9.17) is 0 Å². The number of imidazole rings is 1. The molecule has 0 aliphatic rings. The number of fused-ring (bicyclic) bond motifs is 1. The van der Waals surface area contributed by atoms with Gasteiger partial charge >= 0.3 is 0 Å². The Morgan fingerprint density at radius 2 is 1.74 bits per heavy atom. The van der Waals surface area contributed by atoms with Crippen LogP contribution in [0, 0.1) is 6.92 Å². The van der Waals surface area contributed by atoms with Gasteiger partial charge in [0, 0.05) is 24.8 Å². The zero-order valence-electron chi connectivity index (χ0n) is 12.6. The van der Waals surface area contributed by atoms with Crippen molar-refractivity contribution < 1.29 is 0 Å². The average Bonchev–Trinajstić information content (AvgIpc) is 2.97. The van der Waals surface area contributed by atoms with E-state index < -0.39 is 0 Å². The van der Waals surface area contributed by atoms with Gasteiger partial charge in [-0.3, -0.25) is 4.98 Å². The molecule has 1 N–H and O–H groups in total. The number of aromatic nitrogens is 4. The summed E-state index contributed by atoms with van der Waals surface area (Å²) in [5.74, 6) is 1.57. The van der Waals surface area contributed by atoms with Gasteiger partial charge < -0.3 is 9.72 Å². The summed E-state index contributed by atoms with van der Waals surface area (Å²) in [5, 5.41) is 3.24. The van der Waals surface area contributed by atoms with Gasteiger partial charge in [-0.05, 0) is 60.0 Å². The van der Waals surface area contributed by atoms with Gasteiger partial charge in [0.05, 0.1) is 6.20 Å². The quantitative estimate of drug-likeness (QED) is 0.624. The SMILES string of the molecule is Cc1ccnc(Nc2cn3cc(-c4ccncc4)ccc3n2)c1. The fourth-order valence-corrected chi connectivity index (χ4v) is 2.50. The first kappa shape index (κ1) is 13.5. The minimum Gasteiger partial charge on any atom is -0.324 e. The van der Waals surface area contributed by atoms with Crippen LogP contribution in [0.2, 0.25) is 0 Å². The molecule has 0 saturated carbocycles. The van der Waals surface area contributed by atoms with Crippen molar-refractivity contribution in [2.75, 3.05) is 5.32 Å². The maximum atomic E-state index is 4.57. The Morgan fingerprint density at radius 1 is 0.870 bits per heavy atom. The summed E-state index contributed by atoms with van der Waals surface area (Å²) in [4.78, 5) is 12.9. The van der Waals surface area contributed by atoms with E-state index in [9.17, 15) is 0 Å². The van der Waals surface area contributed by atoms with Crippen molar-refractivity contribution in [2.45, 2.75) is 6.92 Å². The lowest BCUT2D eigenvalue weighted by molar-refractivity contribution is 1.19. The Labute approximate surface area is 133 Å². The zero-order chi connectivity index (χ0) is 15.6. The number of aryl methyl sites for hydroxylation is 1. The summed E-state index contributed by atoms with van der Waals surface area (Å²) < 4.78 is 2.01. The molecule has 0 radical (unpaired) electrons. The molecule has 0 aliphatic heterocycles. The predicted molar refractivity (Wildman–Crippen MR) is 90.7 cm³/mol. The first-order chi connectivity index (χ1) is 11.3. The smallest absolute Gasteiger partial charge is 0.150 e. The van der Waals surface area contributed by atoms with Crippen LogP contribution in [0.25, 0.3) is 16.8 Å². The van der Waals surface area contributed by atoms with E-state index in [-0.39, 0.29) is 0 Å². The van der Waals surface area contributed by atoms with E-state index in [1.165, 1.54) is 0 Å². The van der Waals surface area contributed by atoms with E-state index in [1.807, 2.05) is 47.9 Å². The second-order valence-electron chi connectivity index (χ2n) is 5.39. The van der Waals surface area contributed by atoms with E-state index in [0.717, 1.165) is 34.0 Å². The van der Waals surface area contributed by atoms with Crippen LogP contribution >= 0.6 is 0 Å². The molecule has 112 valence electrons. The molecule has 0 bridgehead atoms. The fraction of sp³-hybridized carbons (Fsp3) is 0.0556. The van der Waals surface area contributed by atoms with Gasteiger partial charge in [0.2, 0.25) is 0 Å². The molecule has 0 aliphatic carbocycles. The van der Waals surface area contributed by atoms with Crippen molar-refractivity contribution in [3.63, 3.8) is 0 Å². The first-order valence-electron chi connectivity index (χ1n) is 7.37. The van der Waals surface area contributed by atoms with E-state index in [1.54, 1.807) is 18.6 Å². The lowest BCUT2D eigenvalue weighted by Crippen LogP contribution is -1.93. The van der Waals surface area contributed by atoms with Gasteiger partial charge in [0.25, 0.3) is 0 Å². The molecule has 4 aromatic heterocycles. The number of anilines is 2. The second-order valence-corrected chi connectivity index (χ2v) is 5.39. The van der Waals surface area contributed by atoms with Gasteiger partial charge in [0.15, 0.2) is 5.82 Å². The van der Waals surface area contributed by atoms with Gasteiger partial charge in [-0.1, -0.05) is 0 Å². The van der Waals surface area contributed by atoms with Crippen LogP contribution in [0.3, 0.4) is 0 Å². The highest BCUT2D eigenvalue weighted by Gasteiger charge is 2.05. The van der Waals surface area contributed by atoms with Crippen LogP contribution in [0.4, 0.5) is 11.6 Å². The lowest BCUT2D eigenvalue weighted by Gasteiger charge is -2.01.